The van der Waals surface area contributed by atoms with Gasteiger partial charge in [0.25, 0.3) is 5.56 Å². The van der Waals surface area contributed by atoms with E-state index in [1.54, 1.807) is 22.8 Å². The molecule has 0 spiro atoms. The van der Waals surface area contributed by atoms with E-state index in [0.717, 1.165) is 12.8 Å². The first-order chi connectivity index (χ1) is 16.7. The number of nitrogens with zero attached hydrogens (tertiary/aromatic N) is 2. The van der Waals surface area contributed by atoms with E-state index in [2.05, 4.69) is 22.4 Å². The molecular formula is C27H33N3O4S. The van der Waals surface area contributed by atoms with Gasteiger partial charge in [-0.2, -0.15) is 0 Å². The summed E-state index contributed by atoms with van der Waals surface area (Å²) in [5.41, 5.74) is 1.78. The van der Waals surface area contributed by atoms with Gasteiger partial charge < -0.3 is 10.1 Å². The largest absolute Gasteiger partial charge is 0.465 e. The standard InChI is InChI=1S/C27H33N3O4S/c1-17(2)16-30-25(32)22-14-13-21(26(33)34-5)15-23(22)29-27(30)35-19(4)24(31)28-18(3)11-12-20-9-7-6-8-10-20/h6-10,13-15,17-19H,11-12,16H2,1-5H3,(H,28,31)/t18-,19+/m0/s1. The molecule has 8 heteroatoms. The van der Waals surface area contributed by atoms with Crippen molar-refractivity contribution in [2.45, 2.75) is 63.5 Å². The molecule has 186 valence electrons. The van der Waals surface area contributed by atoms with E-state index in [1.807, 2.05) is 45.9 Å². The molecule has 2 atom stereocenters. The smallest absolute Gasteiger partial charge is 0.337 e. The molecule has 7 nitrogen and oxygen atoms in total. The van der Waals surface area contributed by atoms with Crippen LogP contribution in [0.4, 0.5) is 0 Å². The van der Waals surface area contributed by atoms with E-state index in [9.17, 15) is 14.4 Å². The molecule has 2 aromatic carbocycles. The molecule has 0 unspecified atom stereocenters. The summed E-state index contributed by atoms with van der Waals surface area (Å²) < 4.78 is 6.42. The Morgan fingerprint density at radius 3 is 2.46 bits per heavy atom. The summed E-state index contributed by atoms with van der Waals surface area (Å²) in [5, 5.41) is 3.50. The lowest BCUT2D eigenvalue weighted by Crippen LogP contribution is -2.38. The van der Waals surface area contributed by atoms with Gasteiger partial charge in [-0.3, -0.25) is 14.2 Å². The van der Waals surface area contributed by atoms with Gasteiger partial charge in [-0.15, -0.1) is 0 Å². The fourth-order valence-electron chi connectivity index (χ4n) is 3.73. The van der Waals surface area contributed by atoms with Gasteiger partial charge in [-0.05, 0) is 56.4 Å². The SMILES string of the molecule is COC(=O)c1ccc2c(=O)n(CC(C)C)c(S[C@H](C)C(=O)N[C@@H](C)CCc3ccccc3)nc2c1. The zero-order chi connectivity index (χ0) is 25.5. The van der Waals surface area contributed by atoms with Gasteiger partial charge in [0.05, 0.1) is 28.8 Å². The first-order valence-electron chi connectivity index (χ1n) is 11.8. The van der Waals surface area contributed by atoms with Crippen LogP contribution in [0, 0.1) is 5.92 Å². The number of fused-ring (bicyclic) bond motifs is 1. The Kier molecular flexibility index (Phi) is 9.09. The van der Waals surface area contributed by atoms with Crippen LogP contribution in [0.1, 0.15) is 50.0 Å². The lowest BCUT2D eigenvalue weighted by molar-refractivity contribution is -0.120. The van der Waals surface area contributed by atoms with Crippen LogP contribution in [0.5, 0.6) is 0 Å². The van der Waals surface area contributed by atoms with Crippen LogP contribution in [-0.2, 0) is 22.5 Å². The van der Waals surface area contributed by atoms with E-state index in [0.29, 0.717) is 28.2 Å². The summed E-state index contributed by atoms with van der Waals surface area (Å²) in [5.74, 6) is -0.390. The van der Waals surface area contributed by atoms with Crippen molar-refractivity contribution in [2.75, 3.05) is 7.11 Å². The molecule has 0 saturated heterocycles. The maximum Gasteiger partial charge on any atom is 0.337 e. The normalized spacial score (nSPS) is 13.0. The number of aryl methyl sites for hydroxylation is 1. The minimum atomic E-state index is -0.494. The highest BCUT2D eigenvalue weighted by Crippen LogP contribution is 2.24. The molecule has 0 radical (unpaired) electrons. The van der Waals surface area contributed by atoms with Crippen molar-refractivity contribution >= 4 is 34.5 Å². The third-order valence-electron chi connectivity index (χ3n) is 5.64. The minimum Gasteiger partial charge on any atom is -0.465 e. The van der Waals surface area contributed by atoms with E-state index >= 15 is 0 Å². The highest BCUT2D eigenvalue weighted by molar-refractivity contribution is 8.00. The van der Waals surface area contributed by atoms with E-state index in [1.165, 1.54) is 24.4 Å². The summed E-state index contributed by atoms with van der Waals surface area (Å²) in [6.45, 7) is 8.33. The Morgan fingerprint density at radius 2 is 1.80 bits per heavy atom. The Hall–Kier alpha value is -3.13. The van der Waals surface area contributed by atoms with Crippen molar-refractivity contribution in [3.8, 4) is 0 Å². The van der Waals surface area contributed by atoms with Gasteiger partial charge in [0.1, 0.15) is 0 Å². The first-order valence-corrected chi connectivity index (χ1v) is 12.7. The molecule has 0 bridgehead atoms. The number of thioether (sulfide) groups is 1. The number of amides is 1. The van der Waals surface area contributed by atoms with Crippen molar-refractivity contribution in [1.82, 2.24) is 14.9 Å². The second kappa shape index (κ2) is 12.0. The van der Waals surface area contributed by atoms with Crippen LogP contribution in [0.25, 0.3) is 10.9 Å². The van der Waals surface area contributed by atoms with Crippen LogP contribution in [0.15, 0.2) is 58.5 Å². The highest BCUT2D eigenvalue weighted by atomic mass is 32.2. The number of hydrogen-bond acceptors (Lipinski definition) is 6. The predicted molar refractivity (Wildman–Crippen MR) is 140 cm³/mol. The van der Waals surface area contributed by atoms with Gasteiger partial charge in [-0.1, -0.05) is 55.9 Å². The first kappa shape index (κ1) is 26.5. The number of ether oxygens (including phenoxy) is 1. The molecule has 1 heterocycles. The summed E-state index contributed by atoms with van der Waals surface area (Å²) in [4.78, 5) is 42.8. The molecule has 1 N–H and O–H groups in total. The van der Waals surface area contributed by atoms with Gasteiger partial charge >= 0.3 is 5.97 Å². The van der Waals surface area contributed by atoms with Gasteiger partial charge in [0, 0.05) is 12.6 Å². The summed E-state index contributed by atoms with van der Waals surface area (Å²) in [7, 11) is 1.31. The van der Waals surface area contributed by atoms with Crippen molar-refractivity contribution in [1.29, 1.82) is 0 Å². The number of hydrogen-bond donors (Lipinski definition) is 1. The fraction of sp³-hybridized carbons (Fsp3) is 0.407. The minimum absolute atomic E-state index is 0.00999. The number of carbonyl (C=O) groups excluding carboxylic acids is 2. The summed E-state index contributed by atoms with van der Waals surface area (Å²) in [6.07, 6.45) is 1.71. The third-order valence-corrected chi connectivity index (χ3v) is 6.73. The zero-order valence-corrected chi connectivity index (χ0v) is 21.7. The maximum absolute atomic E-state index is 13.3. The van der Waals surface area contributed by atoms with E-state index in [4.69, 9.17) is 4.74 Å². The quantitative estimate of drug-likeness (QED) is 0.254. The molecule has 0 aliphatic heterocycles. The topological polar surface area (TPSA) is 90.3 Å². The number of aromatic nitrogens is 2. The zero-order valence-electron chi connectivity index (χ0n) is 20.9. The van der Waals surface area contributed by atoms with Crippen LogP contribution in [0.3, 0.4) is 0 Å². The van der Waals surface area contributed by atoms with Gasteiger partial charge in [0.2, 0.25) is 5.91 Å². The van der Waals surface area contributed by atoms with Crippen molar-refractivity contribution in [3.63, 3.8) is 0 Å². The molecule has 0 fully saturated rings. The Bertz CT molecular complexity index is 1240. The number of esters is 1. The molecule has 0 saturated carbocycles. The Balaban J connectivity index is 1.80. The molecule has 0 aliphatic rings. The van der Waals surface area contributed by atoms with E-state index < -0.39 is 11.2 Å². The number of methoxy groups -OCH3 is 1. The number of nitrogens with one attached hydrogen (secondary N) is 1. The number of benzene rings is 2. The second-order valence-corrected chi connectivity index (χ2v) is 10.4. The molecule has 1 amide bonds. The molecule has 0 aliphatic carbocycles. The summed E-state index contributed by atoms with van der Waals surface area (Å²) >= 11 is 1.25. The lowest BCUT2D eigenvalue weighted by Gasteiger charge is -2.20. The molecule has 3 aromatic rings. The number of carbonyl (C=O) groups is 2. The molecular weight excluding hydrogens is 462 g/mol. The van der Waals surface area contributed by atoms with Crippen LogP contribution in [-0.4, -0.2) is 39.8 Å². The average Bonchev–Trinajstić information content (AvgIpc) is 2.84. The lowest BCUT2D eigenvalue weighted by atomic mass is 10.1. The fourth-order valence-corrected chi connectivity index (χ4v) is 4.66. The van der Waals surface area contributed by atoms with Crippen LogP contribution in [0.2, 0.25) is 0 Å². The predicted octanol–water partition coefficient (Wildman–Crippen LogP) is 4.46. The molecule has 1 aromatic heterocycles. The number of rotatable bonds is 10. The van der Waals surface area contributed by atoms with Gasteiger partial charge in [-0.25, -0.2) is 9.78 Å². The van der Waals surface area contributed by atoms with Crippen LogP contribution >= 0.6 is 11.8 Å². The third kappa shape index (κ3) is 6.94. The Morgan fingerprint density at radius 1 is 1.09 bits per heavy atom. The van der Waals surface area contributed by atoms with E-state index in [-0.39, 0.29) is 23.4 Å². The van der Waals surface area contributed by atoms with Crippen molar-refractivity contribution in [3.05, 3.63) is 70.0 Å². The van der Waals surface area contributed by atoms with Crippen molar-refractivity contribution in [2.24, 2.45) is 5.92 Å². The highest BCUT2D eigenvalue weighted by Gasteiger charge is 2.21. The Labute approximate surface area is 210 Å². The summed E-state index contributed by atoms with van der Waals surface area (Å²) in [6, 6.07) is 14.9. The molecule has 3 rings (SSSR count). The van der Waals surface area contributed by atoms with Crippen molar-refractivity contribution < 1.29 is 14.3 Å². The second-order valence-electron chi connectivity index (χ2n) is 9.12. The monoisotopic (exact) mass is 495 g/mol. The molecule has 35 heavy (non-hydrogen) atoms. The van der Waals surface area contributed by atoms with Crippen LogP contribution < -0.4 is 10.9 Å². The maximum atomic E-state index is 13.3. The average molecular weight is 496 g/mol. The van der Waals surface area contributed by atoms with Gasteiger partial charge in [0.15, 0.2) is 5.16 Å².